The number of hydrogen-bond acceptors (Lipinski definition) is 3. The first-order valence-electron chi connectivity index (χ1n) is 6.86. The molecule has 0 bridgehead atoms. The van der Waals surface area contributed by atoms with E-state index in [0.29, 0.717) is 11.5 Å². The molecule has 1 unspecified atom stereocenters. The third-order valence-corrected chi connectivity index (χ3v) is 3.63. The Hall–Kier alpha value is -2.34. The van der Waals surface area contributed by atoms with Crippen LogP contribution >= 0.6 is 11.6 Å². The van der Waals surface area contributed by atoms with E-state index < -0.39 is 23.6 Å². The number of rotatable bonds is 3. The van der Waals surface area contributed by atoms with Crippen LogP contribution in [0.5, 0.6) is 11.5 Å². The van der Waals surface area contributed by atoms with Gasteiger partial charge in [-0.1, -0.05) is 23.7 Å². The van der Waals surface area contributed by atoms with Crippen LogP contribution in [0.4, 0.5) is 8.78 Å². The normalized spacial score (nSPS) is 16.0. The first kappa shape index (κ1) is 15.6. The standard InChI is InChI=1S/C16H12ClF2NO3/c17-11-6-13(19)12(18)5-10(11)16(21)20-7-9-8-22-14-3-1-2-4-15(14)23-9/h1-6,9H,7-8H2,(H,20,21). The molecule has 0 aliphatic carbocycles. The Morgan fingerprint density at radius 1 is 1.22 bits per heavy atom. The van der Waals surface area contributed by atoms with Crippen LogP contribution in [0.1, 0.15) is 10.4 Å². The number of carbonyl (C=O) groups excluding carboxylic acids is 1. The Labute approximate surface area is 136 Å². The van der Waals surface area contributed by atoms with Gasteiger partial charge in [0.1, 0.15) is 12.7 Å². The number of amides is 1. The smallest absolute Gasteiger partial charge is 0.253 e. The minimum absolute atomic E-state index is 0.136. The molecule has 2 aromatic carbocycles. The molecule has 0 aromatic heterocycles. The zero-order valence-corrected chi connectivity index (χ0v) is 12.6. The molecular weight excluding hydrogens is 328 g/mol. The Morgan fingerprint density at radius 2 is 1.91 bits per heavy atom. The van der Waals surface area contributed by atoms with Gasteiger partial charge in [-0.25, -0.2) is 8.78 Å². The lowest BCUT2D eigenvalue weighted by molar-refractivity contribution is 0.0789. The predicted octanol–water partition coefficient (Wildman–Crippen LogP) is 3.19. The quantitative estimate of drug-likeness (QED) is 0.874. The maximum Gasteiger partial charge on any atom is 0.253 e. The second-order valence-corrected chi connectivity index (χ2v) is 5.36. The number of fused-ring (bicyclic) bond motifs is 1. The lowest BCUT2D eigenvalue weighted by atomic mass is 10.2. The highest BCUT2D eigenvalue weighted by molar-refractivity contribution is 6.33. The topological polar surface area (TPSA) is 47.6 Å². The lowest BCUT2D eigenvalue weighted by Crippen LogP contribution is -2.40. The fraction of sp³-hybridized carbons (Fsp3) is 0.188. The van der Waals surface area contributed by atoms with Crippen molar-refractivity contribution in [3.63, 3.8) is 0 Å². The van der Waals surface area contributed by atoms with Gasteiger partial charge >= 0.3 is 0 Å². The minimum atomic E-state index is -1.13. The molecule has 1 atom stereocenters. The summed E-state index contributed by atoms with van der Waals surface area (Å²) in [5, 5.41) is 2.41. The van der Waals surface area contributed by atoms with Crippen LogP contribution in [-0.2, 0) is 0 Å². The molecular formula is C16H12ClF2NO3. The molecule has 0 spiro atoms. The number of ether oxygens (including phenoxy) is 2. The summed E-state index contributed by atoms with van der Waals surface area (Å²) < 4.78 is 37.4. The Balaban J connectivity index is 1.63. The minimum Gasteiger partial charge on any atom is -0.486 e. The Bertz CT molecular complexity index is 754. The molecule has 0 fully saturated rings. The van der Waals surface area contributed by atoms with Crippen LogP contribution in [0.2, 0.25) is 5.02 Å². The average molecular weight is 340 g/mol. The maximum atomic E-state index is 13.2. The van der Waals surface area contributed by atoms with Crippen molar-refractivity contribution in [1.29, 1.82) is 0 Å². The van der Waals surface area contributed by atoms with Crippen molar-refractivity contribution in [2.24, 2.45) is 0 Å². The first-order chi connectivity index (χ1) is 11.0. The van der Waals surface area contributed by atoms with E-state index in [-0.39, 0.29) is 23.7 Å². The summed E-state index contributed by atoms with van der Waals surface area (Å²) in [6, 6.07) is 8.71. The highest BCUT2D eigenvalue weighted by Crippen LogP contribution is 2.30. The zero-order chi connectivity index (χ0) is 16.4. The van der Waals surface area contributed by atoms with Gasteiger partial charge in [-0.05, 0) is 24.3 Å². The molecule has 1 amide bonds. The van der Waals surface area contributed by atoms with Crippen molar-refractivity contribution in [2.45, 2.75) is 6.10 Å². The van der Waals surface area contributed by atoms with E-state index >= 15 is 0 Å². The van der Waals surface area contributed by atoms with Gasteiger partial charge in [0.15, 0.2) is 23.1 Å². The fourth-order valence-electron chi connectivity index (χ4n) is 2.16. The summed E-state index contributed by atoms with van der Waals surface area (Å²) in [5.41, 5.74) is -0.136. The van der Waals surface area contributed by atoms with Crippen molar-refractivity contribution >= 4 is 17.5 Å². The zero-order valence-electron chi connectivity index (χ0n) is 11.8. The third-order valence-electron chi connectivity index (χ3n) is 3.31. The van der Waals surface area contributed by atoms with Crippen molar-refractivity contribution in [3.05, 3.63) is 58.6 Å². The van der Waals surface area contributed by atoms with Crippen LogP contribution in [0.3, 0.4) is 0 Å². The van der Waals surface area contributed by atoms with Crippen molar-refractivity contribution in [1.82, 2.24) is 5.32 Å². The van der Waals surface area contributed by atoms with Crippen LogP contribution in [-0.4, -0.2) is 25.2 Å². The lowest BCUT2D eigenvalue weighted by Gasteiger charge is -2.26. The second kappa shape index (κ2) is 6.42. The third kappa shape index (κ3) is 3.37. The molecule has 1 N–H and O–H groups in total. The van der Waals surface area contributed by atoms with Crippen LogP contribution in [0, 0.1) is 11.6 Å². The van der Waals surface area contributed by atoms with Crippen molar-refractivity contribution in [2.75, 3.05) is 13.2 Å². The summed E-state index contributed by atoms with van der Waals surface area (Å²) >= 11 is 5.76. The number of para-hydroxylation sites is 2. The maximum absolute atomic E-state index is 13.2. The van der Waals surface area contributed by atoms with E-state index in [1.54, 1.807) is 12.1 Å². The summed E-state index contributed by atoms with van der Waals surface area (Å²) in [6.07, 6.45) is -0.391. The van der Waals surface area contributed by atoms with Crippen LogP contribution < -0.4 is 14.8 Å². The molecule has 7 heteroatoms. The number of nitrogens with one attached hydrogen (secondary N) is 1. The molecule has 4 nitrogen and oxygen atoms in total. The Morgan fingerprint density at radius 3 is 2.70 bits per heavy atom. The van der Waals surface area contributed by atoms with Crippen molar-refractivity contribution < 1.29 is 23.0 Å². The van der Waals surface area contributed by atoms with E-state index in [1.165, 1.54) is 0 Å². The molecule has 0 saturated carbocycles. The highest BCUT2D eigenvalue weighted by Gasteiger charge is 2.22. The summed E-state index contributed by atoms with van der Waals surface area (Å²) in [7, 11) is 0. The van der Waals surface area contributed by atoms with Crippen LogP contribution in [0.25, 0.3) is 0 Å². The summed E-state index contributed by atoms with van der Waals surface area (Å²) in [6.45, 7) is 0.408. The molecule has 3 rings (SSSR count). The van der Waals surface area contributed by atoms with Gasteiger partial charge in [0.2, 0.25) is 0 Å². The SMILES string of the molecule is O=C(NCC1COc2ccccc2O1)c1cc(F)c(F)cc1Cl. The summed E-state index contributed by atoms with van der Waals surface area (Å²) in [4.78, 5) is 12.0. The summed E-state index contributed by atoms with van der Waals surface area (Å²) in [5.74, 6) is -1.63. The average Bonchev–Trinajstić information content (AvgIpc) is 2.55. The van der Waals surface area contributed by atoms with E-state index in [9.17, 15) is 13.6 Å². The Kier molecular flexibility index (Phi) is 4.34. The van der Waals surface area contributed by atoms with Gasteiger partial charge in [-0.15, -0.1) is 0 Å². The van der Waals surface area contributed by atoms with Crippen molar-refractivity contribution in [3.8, 4) is 11.5 Å². The van der Waals surface area contributed by atoms with Gasteiger partial charge < -0.3 is 14.8 Å². The molecule has 23 heavy (non-hydrogen) atoms. The van der Waals surface area contributed by atoms with E-state index in [1.807, 2.05) is 12.1 Å². The van der Waals surface area contributed by atoms with E-state index in [0.717, 1.165) is 12.1 Å². The van der Waals surface area contributed by atoms with Gasteiger partial charge in [-0.2, -0.15) is 0 Å². The number of carbonyl (C=O) groups is 1. The monoisotopic (exact) mass is 339 g/mol. The number of benzene rings is 2. The van der Waals surface area contributed by atoms with Gasteiger partial charge in [0.25, 0.3) is 5.91 Å². The number of hydrogen-bond donors (Lipinski definition) is 1. The van der Waals surface area contributed by atoms with E-state index in [2.05, 4.69) is 5.32 Å². The molecule has 1 aliphatic rings. The molecule has 1 heterocycles. The first-order valence-corrected chi connectivity index (χ1v) is 7.23. The molecule has 0 radical (unpaired) electrons. The molecule has 120 valence electrons. The van der Waals surface area contributed by atoms with Gasteiger partial charge in [0, 0.05) is 0 Å². The molecule has 2 aromatic rings. The predicted molar refractivity (Wildman–Crippen MR) is 80.1 cm³/mol. The molecule has 1 aliphatic heterocycles. The van der Waals surface area contributed by atoms with Gasteiger partial charge in [-0.3, -0.25) is 4.79 Å². The van der Waals surface area contributed by atoms with Crippen LogP contribution in [0.15, 0.2) is 36.4 Å². The number of halogens is 3. The fourth-order valence-corrected chi connectivity index (χ4v) is 2.40. The second-order valence-electron chi connectivity index (χ2n) is 4.95. The molecule has 0 saturated heterocycles. The largest absolute Gasteiger partial charge is 0.486 e. The van der Waals surface area contributed by atoms with E-state index in [4.69, 9.17) is 21.1 Å². The highest BCUT2D eigenvalue weighted by atomic mass is 35.5. The van der Waals surface area contributed by atoms with Gasteiger partial charge in [0.05, 0.1) is 17.1 Å².